The number of hydrogen-bond donors (Lipinski definition) is 2. The first-order valence-corrected chi connectivity index (χ1v) is 9.65. The molecule has 3 fully saturated rings. The third-order valence-electron chi connectivity index (χ3n) is 5.64. The zero-order chi connectivity index (χ0) is 17.1. The van der Waals surface area contributed by atoms with Crippen molar-refractivity contribution in [3.8, 4) is 5.75 Å². The monoisotopic (exact) mass is 380 g/mol. The van der Waals surface area contributed by atoms with Gasteiger partial charge in [0, 0.05) is 30.8 Å². The van der Waals surface area contributed by atoms with E-state index in [1.165, 1.54) is 12.8 Å². The second kappa shape index (κ2) is 9.07. The molecule has 3 saturated heterocycles. The zero-order valence-corrected chi connectivity index (χ0v) is 15.9. The third kappa shape index (κ3) is 5.12. The number of halogens is 1. The van der Waals surface area contributed by atoms with Crippen molar-refractivity contribution < 1.29 is 14.3 Å². The quantitative estimate of drug-likeness (QED) is 0.792. The van der Waals surface area contributed by atoms with Crippen LogP contribution in [0.1, 0.15) is 44.9 Å². The van der Waals surface area contributed by atoms with E-state index in [1.807, 2.05) is 24.3 Å². The van der Waals surface area contributed by atoms with Crippen molar-refractivity contribution in [3.05, 3.63) is 24.3 Å². The van der Waals surface area contributed by atoms with Gasteiger partial charge in [-0.05, 0) is 68.7 Å². The van der Waals surface area contributed by atoms with E-state index in [4.69, 9.17) is 9.47 Å². The molecule has 0 spiro atoms. The van der Waals surface area contributed by atoms with Gasteiger partial charge in [0.1, 0.15) is 12.4 Å². The van der Waals surface area contributed by atoms with Crippen LogP contribution in [0, 0.1) is 5.92 Å². The Balaban J connectivity index is 0.00000196. The summed E-state index contributed by atoms with van der Waals surface area (Å²) in [5.41, 5.74) is 0.839. The molecule has 3 unspecified atom stereocenters. The molecule has 3 aliphatic heterocycles. The van der Waals surface area contributed by atoms with E-state index in [1.54, 1.807) is 0 Å². The van der Waals surface area contributed by atoms with Crippen LogP contribution in [0.15, 0.2) is 24.3 Å². The molecule has 0 radical (unpaired) electrons. The number of hydrogen-bond acceptors (Lipinski definition) is 4. The smallest absolute Gasteiger partial charge is 0.224 e. The summed E-state index contributed by atoms with van der Waals surface area (Å²) in [6.07, 6.45) is 7.88. The van der Waals surface area contributed by atoms with Crippen LogP contribution in [0.5, 0.6) is 5.75 Å². The fourth-order valence-corrected chi connectivity index (χ4v) is 4.42. The SMILES string of the molecule is Cl.O=C(CC1CC2CCC(C1)N2)Nc1ccc(OCC2CCCO2)cc1. The van der Waals surface area contributed by atoms with Gasteiger partial charge in [-0.3, -0.25) is 4.79 Å². The highest BCUT2D eigenvalue weighted by Gasteiger charge is 2.34. The fourth-order valence-electron chi connectivity index (χ4n) is 4.42. The minimum atomic E-state index is 0. The summed E-state index contributed by atoms with van der Waals surface area (Å²) in [6, 6.07) is 8.92. The number of benzene rings is 1. The van der Waals surface area contributed by atoms with E-state index >= 15 is 0 Å². The minimum absolute atomic E-state index is 0. The lowest BCUT2D eigenvalue weighted by molar-refractivity contribution is -0.117. The second-order valence-corrected chi connectivity index (χ2v) is 7.70. The van der Waals surface area contributed by atoms with E-state index < -0.39 is 0 Å². The van der Waals surface area contributed by atoms with E-state index in [2.05, 4.69) is 10.6 Å². The Morgan fingerprint density at radius 1 is 1.15 bits per heavy atom. The number of carbonyl (C=O) groups is 1. The van der Waals surface area contributed by atoms with Crippen molar-refractivity contribution in [2.75, 3.05) is 18.5 Å². The molecule has 3 heterocycles. The lowest BCUT2D eigenvalue weighted by atomic mass is 9.89. The molecule has 3 aliphatic rings. The van der Waals surface area contributed by atoms with Crippen molar-refractivity contribution in [3.63, 3.8) is 0 Å². The Morgan fingerprint density at radius 2 is 1.88 bits per heavy atom. The lowest BCUT2D eigenvalue weighted by Crippen LogP contribution is -2.39. The second-order valence-electron chi connectivity index (χ2n) is 7.70. The number of ether oxygens (including phenoxy) is 2. The maximum absolute atomic E-state index is 12.3. The number of carbonyl (C=O) groups excluding carboxylic acids is 1. The Kier molecular flexibility index (Phi) is 6.79. The van der Waals surface area contributed by atoms with Crippen molar-refractivity contribution in [1.29, 1.82) is 0 Å². The van der Waals surface area contributed by atoms with Gasteiger partial charge in [-0.25, -0.2) is 0 Å². The van der Waals surface area contributed by atoms with E-state index in [0.29, 0.717) is 31.0 Å². The number of anilines is 1. The predicted molar refractivity (Wildman–Crippen MR) is 104 cm³/mol. The summed E-state index contributed by atoms with van der Waals surface area (Å²) in [6.45, 7) is 1.45. The number of piperidine rings is 1. The molecule has 2 bridgehead atoms. The Morgan fingerprint density at radius 3 is 2.54 bits per heavy atom. The van der Waals surface area contributed by atoms with Crippen LogP contribution in [-0.2, 0) is 9.53 Å². The van der Waals surface area contributed by atoms with Crippen molar-refractivity contribution in [2.24, 2.45) is 5.92 Å². The number of nitrogens with one attached hydrogen (secondary N) is 2. The topological polar surface area (TPSA) is 59.6 Å². The molecule has 144 valence electrons. The van der Waals surface area contributed by atoms with Gasteiger partial charge in [0.2, 0.25) is 5.91 Å². The molecule has 5 nitrogen and oxygen atoms in total. The maximum Gasteiger partial charge on any atom is 0.224 e. The number of amides is 1. The molecule has 1 amide bonds. The Hall–Kier alpha value is -1.30. The van der Waals surface area contributed by atoms with Crippen LogP contribution in [-0.4, -0.2) is 37.3 Å². The summed E-state index contributed by atoms with van der Waals surface area (Å²) in [7, 11) is 0. The normalized spacial score (nSPS) is 29.8. The van der Waals surface area contributed by atoms with Crippen LogP contribution in [0.2, 0.25) is 0 Å². The summed E-state index contributed by atoms with van der Waals surface area (Å²) < 4.78 is 11.3. The van der Waals surface area contributed by atoms with Gasteiger partial charge >= 0.3 is 0 Å². The molecule has 0 aromatic heterocycles. The molecular formula is C20H29ClN2O3. The summed E-state index contributed by atoms with van der Waals surface area (Å²) in [4.78, 5) is 12.3. The third-order valence-corrected chi connectivity index (χ3v) is 5.64. The van der Waals surface area contributed by atoms with E-state index in [-0.39, 0.29) is 24.4 Å². The molecule has 4 rings (SSSR count). The summed E-state index contributed by atoms with van der Waals surface area (Å²) >= 11 is 0. The zero-order valence-electron chi connectivity index (χ0n) is 15.1. The molecule has 1 aromatic carbocycles. The van der Waals surface area contributed by atoms with Gasteiger partial charge in [0.15, 0.2) is 0 Å². The molecule has 3 atom stereocenters. The lowest BCUT2D eigenvalue weighted by Gasteiger charge is -2.28. The molecule has 2 N–H and O–H groups in total. The Labute approximate surface area is 161 Å². The first kappa shape index (κ1) is 19.5. The summed E-state index contributed by atoms with van der Waals surface area (Å²) in [5, 5.41) is 6.65. The predicted octanol–water partition coefficient (Wildman–Crippen LogP) is 3.53. The van der Waals surface area contributed by atoms with E-state index in [0.717, 1.165) is 43.7 Å². The van der Waals surface area contributed by atoms with E-state index in [9.17, 15) is 4.79 Å². The highest BCUT2D eigenvalue weighted by atomic mass is 35.5. The van der Waals surface area contributed by atoms with Gasteiger partial charge in [0.25, 0.3) is 0 Å². The average Bonchev–Trinajstić information content (AvgIpc) is 3.24. The first-order valence-electron chi connectivity index (χ1n) is 9.65. The summed E-state index contributed by atoms with van der Waals surface area (Å²) in [5.74, 6) is 1.47. The standard InChI is InChI=1S/C20H28N2O3.ClH/c23-20(12-14-10-16-3-4-17(11-14)21-16)22-15-5-7-18(8-6-15)25-13-19-2-1-9-24-19;/h5-8,14,16-17,19,21H,1-4,9-13H2,(H,22,23);1H. The minimum Gasteiger partial charge on any atom is -0.491 e. The molecule has 1 aromatic rings. The molecule has 0 saturated carbocycles. The number of rotatable bonds is 6. The van der Waals surface area contributed by atoms with Crippen LogP contribution < -0.4 is 15.4 Å². The van der Waals surface area contributed by atoms with Crippen molar-refractivity contribution in [2.45, 2.75) is 63.1 Å². The van der Waals surface area contributed by atoms with Gasteiger partial charge in [-0.1, -0.05) is 0 Å². The van der Waals surface area contributed by atoms with Crippen LogP contribution >= 0.6 is 12.4 Å². The van der Waals surface area contributed by atoms with Crippen LogP contribution in [0.3, 0.4) is 0 Å². The van der Waals surface area contributed by atoms with Gasteiger partial charge in [-0.2, -0.15) is 0 Å². The largest absolute Gasteiger partial charge is 0.491 e. The van der Waals surface area contributed by atoms with Gasteiger partial charge in [-0.15, -0.1) is 12.4 Å². The highest BCUT2D eigenvalue weighted by molar-refractivity contribution is 5.90. The Bertz CT molecular complexity index is 577. The molecule has 0 aliphatic carbocycles. The first-order chi connectivity index (χ1) is 12.2. The van der Waals surface area contributed by atoms with Crippen LogP contribution in [0.25, 0.3) is 0 Å². The van der Waals surface area contributed by atoms with Gasteiger partial charge < -0.3 is 20.1 Å². The maximum atomic E-state index is 12.3. The average molecular weight is 381 g/mol. The fraction of sp³-hybridized carbons (Fsp3) is 0.650. The highest BCUT2D eigenvalue weighted by Crippen LogP contribution is 2.32. The molecular weight excluding hydrogens is 352 g/mol. The molecule has 6 heteroatoms. The van der Waals surface area contributed by atoms with Crippen LogP contribution in [0.4, 0.5) is 5.69 Å². The number of fused-ring (bicyclic) bond motifs is 2. The van der Waals surface area contributed by atoms with Gasteiger partial charge in [0.05, 0.1) is 6.10 Å². The van der Waals surface area contributed by atoms with Crippen molar-refractivity contribution in [1.82, 2.24) is 5.32 Å². The van der Waals surface area contributed by atoms with Crippen molar-refractivity contribution >= 4 is 24.0 Å². The molecule has 26 heavy (non-hydrogen) atoms.